The summed E-state index contributed by atoms with van der Waals surface area (Å²) in [5.41, 5.74) is 4.13. The van der Waals surface area contributed by atoms with Crippen LogP contribution in [0.2, 0.25) is 0 Å². The van der Waals surface area contributed by atoms with E-state index in [1.165, 1.54) is 55.3 Å². The lowest BCUT2D eigenvalue weighted by molar-refractivity contribution is -0.121. The molecule has 3 heteroatoms. The van der Waals surface area contributed by atoms with Gasteiger partial charge in [-0.3, -0.25) is 4.79 Å². The average molecular weight is 314 g/mol. The van der Waals surface area contributed by atoms with Crippen LogP contribution in [0.15, 0.2) is 18.2 Å². The SMILES string of the molecule is CCCN1CCC(NC(=O)Cc2ccc3c(c2)CCCC3)CC1. The summed E-state index contributed by atoms with van der Waals surface area (Å²) in [6, 6.07) is 7.01. The third-order valence-electron chi connectivity index (χ3n) is 5.27. The van der Waals surface area contributed by atoms with Gasteiger partial charge >= 0.3 is 0 Å². The zero-order chi connectivity index (χ0) is 16.1. The zero-order valence-corrected chi connectivity index (χ0v) is 14.4. The summed E-state index contributed by atoms with van der Waals surface area (Å²) in [7, 11) is 0. The molecular weight excluding hydrogens is 284 g/mol. The fourth-order valence-corrected chi connectivity index (χ4v) is 3.98. The third kappa shape index (κ3) is 4.57. The summed E-state index contributed by atoms with van der Waals surface area (Å²) in [5, 5.41) is 3.24. The van der Waals surface area contributed by atoms with Gasteiger partial charge in [0.25, 0.3) is 0 Å². The molecule has 0 bridgehead atoms. The molecule has 1 heterocycles. The molecule has 1 saturated heterocycles. The Morgan fingerprint density at radius 3 is 2.65 bits per heavy atom. The number of fused-ring (bicyclic) bond motifs is 1. The number of amides is 1. The van der Waals surface area contributed by atoms with E-state index in [-0.39, 0.29) is 5.91 Å². The molecule has 3 rings (SSSR count). The number of hydrogen-bond donors (Lipinski definition) is 1. The quantitative estimate of drug-likeness (QED) is 0.906. The first-order valence-corrected chi connectivity index (χ1v) is 9.37. The van der Waals surface area contributed by atoms with Crippen LogP contribution in [-0.4, -0.2) is 36.5 Å². The number of carbonyl (C=O) groups is 1. The van der Waals surface area contributed by atoms with Gasteiger partial charge in [-0.25, -0.2) is 0 Å². The van der Waals surface area contributed by atoms with Gasteiger partial charge in [0, 0.05) is 19.1 Å². The van der Waals surface area contributed by atoms with E-state index in [0.29, 0.717) is 12.5 Å². The fraction of sp³-hybridized carbons (Fsp3) is 0.650. The van der Waals surface area contributed by atoms with E-state index in [4.69, 9.17) is 0 Å². The van der Waals surface area contributed by atoms with Crippen molar-refractivity contribution in [3.8, 4) is 0 Å². The van der Waals surface area contributed by atoms with Crippen LogP contribution in [0.5, 0.6) is 0 Å². The molecule has 0 aromatic heterocycles. The molecule has 0 atom stereocenters. The van der Waals surface area contributed by atoms with E-state index in [9.17, 15) is 4.79 Å². The Bertz CT molecular complexity index is 532. The van der Waals surface area contributed by atoms with E-state index in [1.807, 2.05) is 0 Å². The predicted octanol–water partition coefficient (Wildman–Crippen LogP) is 3.10. The van der Waals surface area contributed by atoms with E-state index in [1.54, 1.807) is 0 Å². The maximum absolute atomic E-state index is 12.3. The molecule has 2 aliphatic rings. The molecule has 0 radical (unpaired) electrons. The van der Waals surface area contributed by atoms with E-state index < -0.39 is 0 Å². The minimum absolute atomic E-state index is 0.190. The Balaban J connectivity index is 1.48. The van der Waals surface area contributed by atoms with Gasteiger partial charge in [0.2, 0.25) is 5.91 Å². The van der Waals surface area contributed by atoms with Crippen LogP contribution >= 0.6 is 0 Å². The number of nitrogens with zero attached hydrogens (tertiary/aromatic N) is 1. The Labute approximate surface area is 140 Å². The average Bonchev–Trinajstić information content (AvgIpc) is 2.57. The molecule has 1 aliphatic heterocycles. The van der Waals surface area contributed by atoms with Crippen molar-refractivity contribution in [2.24, 2.45) is 0 Å². The summed E-state index contributed by atoms with van der Waals surface area (Å²) >= 11 is 0. The molecule has 23 heavy (non-hydrogen) atoms. The van der Waals surface area contributed by atoms with Crippen molar-refractivity contribution in [3.05, 3.63) is 34.9 Å². The second kappa shape index (κ2) is 7.96. The molecule has 1 amide bonds. The minimum atomic E-state index is 0.190. The maximum atomic E-state index is 12.3. The number of carbonyl (C=O) groups excluding carboxylic acids is 1. The van der Waals surface area contributed by atoms with Gasteiger partial charge in [0.1, 0.15) is 0 Å². The van der Waals surface area contributed by atoms with E-state index in [0.717, 1.165) is 25.9 Å². The molecule has 126 valence electrons. The van der Waals surface area contributed by atoms with Crippen LogP contribution < -0.4 is 5.32 Å². The van der Waals surface area contributed by atoms with Gasteiger partial charge in [-0.05, 0) is 68.2 Å². The second-order valence-electron chi connectivity index (χ2n) is 7.17. The molecule has 3 nitrogen and oxygen atoms in total. The molecule has 1 aromatic rings. The van der Waals surface area contributed by atoms with Gasteiger partial charge in [0.15, 0.2) is 0 Å². The Morgan fingerprint density at radius 1 is 1.17 bits per heavy atom. The number of rotatable bonds is 5. The second-order valence-corrected chi connectivity index (χ2v) is 7.17. The van der Waals surface area contributed by atoms with Crippen LogP contribution in [0.1, 0.15) is 55.7 Å². The number of benzene rings is 1. The highest BCUT2D eigenvalue weighted by Crippen LogP contribution is 2.22. The Kier molecular flexibility index (Phi) is 5.71. The summed E-state index contributed by atoms with van der Waals surface area (Å²) in [4.78, 5) is 14.8. The first-order chi connectivity index (χ1) is 11.2. The van der Waals surface area contributed by atoms with Gasteiger partial charge in [-0.1, -0.05) is 25.1 Å². The van der Waals surface area contributed by atoms with Crippen molar-refractivity contribution in [2.75, 3.05) is 19.6 Å². The number of piperidine rings is 1. The van der Waals surface area contributed by atoms with Crippen molar-refractivity contribution in [2.45, 2.75) is 64.3 Å². The molecule has 0 spiro atoms. The van der Waals surface area contributed by atoms with Crippen LogP contribution in [0.4, 0.5) is 0 Å². The van der Waals surface area contributed by atoms with Crippen molar-refractivity contribution in [3.63, 3.8) is 0 Å². The third-order valence-corrected chi connectivity index (χ3v) is 5.27. The Morgan fingerprint density at radius 2 is 1.91 bits per heavy atom. The van der Waals surface area contributed by atoms with Crippen LogP contribution in [0.25, 0.3) is 0 Å². The summed E-state index contributed by atoms with van der Waals surface area (Å²) in [6.45, 7) is 5.66. The minimum Gasteiger partial charge on any atom is -0.353 e. The van der Waals surface area contributed by atoms with Crippen LogP contribution in [0.3, 0.4) is 0 Å². The standard InChI is InChI=1S/C20H30N2O/c1-2-11-22-12-9-19(10-13-22)21-20(23)15-16-7-8-17-5-3-4-6-18(17)14-16/h7-8,14,19H,2-6,9-13,15H2,1H3,(H,21,23). The van der Waals surface area contributed by atoms with Gasteiger partial charge in [0.05, 0.1) is 6.42 Å². The topological polar surface area (TPSA) is 32.3 Å². The molecule has 1 aromatic carbocycles. The lowest BCUT2D eigenvalue weighted by atomic mass is 9.90. The highest BCUT2D eigenvalue weighted by Gasteiger charge is 2.20. The van der Waals surface area contributed by atoms with Crippen molar-refractivity contribution in [1.82, 2.24) is 10.2 Å². The molecule has 1 aliphatic carbocycles. The predicted molar refractivity (Wildman–Crippen MR) is 94.7 cm³/mol. The van der Waals surface area contributed by atoms with Crippen LogP contribution in [0, 0.1) is 0 Å². The first kappa shape index (κ1) is 16.5. The fourth-order valence-electron chi connectivity index (χ4n) is 3.98. The van der Waals surface area contributed by atoms with E-state index in [2.05, 4.69) is 35.3 Å². The highest BCUT2D eigenvalue weighted by atomic mass is 16.1. The van der Waals surface area contributed by atoms with Crippen molar-refractivity contribution >= 4 is 5.91 Å². The largest absolute Gasteiger partial charge is 0.353 e. The normalized spacial score (nSPS) is 19.3. The zero-order valence-electron chi connectivity index (χ0n) is 14.4. The van der Waals surface area contributed by atoms with Gasteiger partial charge in [-0.15, -0.1) is 0 Å². The lowest BCUT2D eigenvalue weighted by Crippen LogP contribution is -2.45. The summed E-state index contributed by atoms with van der Waals surface area (Å²) < 4.78 is 0. The van der Waals surface area contributed by atoms with Crippen LogP contribution in [-0.2, 0) is 24.1 Å². The number of aryl methyl sites for hydroxylation is 2. The number of nitrogens with one attached hydrogen (secondary N) is 1. The maximum Gasteiger partial charge on any atom is 0.224 e. The monoisotopic (exact) mass is 314 g/mol. The lowest BCUT2D eigenvalue weighted by Gasteiger charge is -2.32. The number of likely N-dealkylation sites (tertiary alicyclic amines) is 1. The smallest absolute Gasteiger partial charge is 0.224 e. The van der Waals surface area contributed by atoms with Gasteiger partial charge in [-0.2, -0.15) is 0 Å². The van der Waals surface area contributed by atoms with E-state index >= 15 is 0 Å². The first-order valence-electron chi connectivity index (χ1n) is 9.37. The highest BCUT2D eigenvalue weighted by molar-refractivity contribution is 5.79. The molecule has 1 N–H and O–H groups in total. The number of hydrogen-bond acceptors (Lipinski definition) is 2. The van der Waals surface area contributed by atoms with Gasteiger partial charge < -0.3 is 10.2 Å². The van der Waals surface area contributed by atoms with Crippen molar-refractivity contribution in [1.29, 1.82) is 0 Å². The molecule has 1 fully saturated rings. The van der Waals surface area contributed by atoms with Crippen molar-refractivity contribution < 1.29 is 4.79 Å². The Hall–Kier alpha value is -1.35. The molecular formula is C20H30N2O. The summed E-state index contributed by atoms with van der Waals surface area (Å²) in [5.74, 6) is 0.190. The molecule has 0 unspecified atom stereocenters. The summed E-state index contributed by atoms with van der Waals surface area (Å²) in [6.07, 6.45) is 8.92. The molecule has 0 saturated carbocycles.